The van der Waals surface area contributed by atoms with Gasteiger partial charge in [0.2, 0.25) is 11.8 Å². The Kier molecular flexibility index (Phi) is 6.95. The number of urea groups is 1. The van der Waals surface area contributed by atoms with Gasteiger partial charge in [0, 0.05) is 44.0 Å². The van der Waals surface area contributed by atoms with Crippen molar-refractivity contribution in [2.45, 2.75) is 25.9 Å². The van der Waals surface area contributed by atoms with Crippen molar-refractivity contribution in [1.29, 1.82) is 0 Å². The van der Waals surface area contributed by atoms with Gasteiger partial charge >= 0.3 is 6.03 Å². The van der Waals surface area contributed by atoms with Crippen LogP contribution in [-0.4, -0.2) is 51.7 Å². The van der Waals surface area contributed by atoms with Crippen molar-refractivity contribution in [3.05, 3.63) is 35.7 Å². The molecule has 29 heavy (non-hydrogen) atoms. The van der Waals surface area contributed by atoms with Crippen molar-refractivity contribution < 1.29 is 19.1 Å². The van der Waals surface area contributed by atoms with E-state index in [2.05, 4.69) is 20.0 Å². The lowest BCUT2D eigenvalue weighted by molar-refractivity contribution is -0.127. The van der Waals surface area contributed by atoms with Gasteiger partial charge in [-0.25, -0.2) is 4.79 Å². The first-order valence-electron chi connectivity index (χ1n) is 9.18. The van der Waals surface area contributed by atoms with Crippen molar-refractivity contribution in [2.75, 3.05) is 25.0 Å². The summed E-state index contributed by atoms with van der Waals surface area (Å²) in [6.45, 7) is 1.94. The van der Waals surface area contributed by atoms with Crippen LogP contribution in [0.5, 0.6) is 5.88 Å². The summed E-state index contributed by atoms with van der Waals surface area (Å²) in [6.07, 6.45) is 5.41. The van der Waals surface area contributed by atoms with Gasteiger partial charge in [-0.2, -0.15) is 4.37 Å². The molecule has 3 heterocycles. The Morgan fingerprint density at radius 3 is 2.93 bits per heavy atom. The highest BCUT2D eigenvalue weighted by atomic mass is 32.1. The number of primary amides is 1. The zero-order chi connectivity index (χ0) is 20.6. The molecule has 0 saturated carbocycles. The number of aromatic nitrogens is 2. The number of hydrogen-bond donors (Lipinski definition) is 3. The van der Waals surface area contributed by atoms with Gasteiger partial charge in [0.25, 0.3) is 5.91 Å². The number of likely N-dealkylation sites (tertiary alicyclic amines) is 1. The van der Waals surface area contributed by atoms with Crippen LogP contribution in [0.1, 0.15) is 35.2 Å². The molecule has 1 aliphatic rings. The van der Waals surface area contributed by atoms with Crippen LogP contribution in [0.2, 0.25) is 0 Å². The van der Waals surface area contributed by atoms with E-state index in [1.165, 1.54) is 0 Å². The van der Waals surface area contributed by atoms with Crippen LogP contribution in [0.4, 0.5) is 9.80 Å². The number of amides is 4. The van der Waals surface area contributed by atoms with Gasteiger partial charge in [-0.15, -0.1) is 0 Å². The van der Waals surface area contributed by atoms with Gasteiger partial charge in [0.05, 0.1) is 0 Å². The molecule has 0 aliphatic carbocycles. The molecule has 2 aromatic heterocycles. The largest absolute Gasteiger partial charge is 0.472 e. The lowest BCUT2D eigenvalue weighted by Gasteiger charge is -2.15. The summed E-state index contributed by atoms with van der Waals surface area (Å²) in [5.74, 6) is -0.527. The fourth-order valence-corrected chi connectivity index (χ4v) is 3.61. The predicted molar refractivity (Wildman–Crippen MR) is 107 cm³/mol. The van der Waals surface area contributed by atoms with Crippen LogP contribution in [0, 0.1) is 0 Å². The average Bonchev–Trinajstić information content (AvgIpc) is 3.30. The van der Waals surface area contributed by atoms with Crippen molar-refractivity contribution in [2.24, 2.45) is 5.73 Å². The minimum Gasteiger partial charge on any atom is -0.472 e. The van der Waals surface area contributed by atoms with E-state index >= 15 is 0 Å². The second-order valence-corrected chi connectivity index (χ2v) is 7.20. The molecule has 1 saturated heterocycles. The van der Waals surface area contributed by atoms with Crippen molar-refractivity contribution in [3.63, 3.8) is 0 Å². The predicted octanol–water partition coefficient (Wildman–Crippen LogP) is 1.35. The number of rotatable bonds is 9. The quantitative estimate of drug-likeness (QED) is 0.525. The molecule has 3 rings (SSSR count). The first-order valence-corrected chi connectivity index (χ1v) is 9.95. The Hall–Kier alpha value is -3.21. The molecule has 0 bridgehead atoms. The number of nitrogens with two attached hydrogens (primary N) is 1. The molecule has 4 N–H and O–H groups in total. The van der Waals surface area contributed by atoms with Crippen LogP contribution < -0.4 is 21.1 Å². The number of carbonyl (C=O) groups excluding carboxylic acids is 3. The fourth-order valence-electron chi connectivity index (χ4n) is 2.87. The maximum Gasteiger partial charge on any atom is 0.319 e. The summed E-state index contributed by atoms with van der Waals surface area (Å²) < 4.78 is 9.64. The average molecular weight is 418 g/mol. The second-order valence-electron chi connectivity index (χ2n) is 6.42. The normalized spacial score (nSPS) is 13.4. The fraction of sp³-hybridized carbons (Fsp3) is 0.389. The summed E-state index contributed by atoms with van der Waals surface area (Å²) in [7, 11) is 0. The molecule has 0 atom stereocenters. The minimum atomic E-state index is -0.747. The minimum absolute atomic E-state index is 0.0247. The first kappa shape index (κ1) is 20.5. The maximum atomic E-state index is 12.1. The smallest absolute Gasteiger partial charge is 0.319 e. The van der Waals surface area contributed by atoms with Gasteiger partial charge in [-0.3, -0.25) is 19.9 Å². The summed E-state index contributed by atoms with van der Waals surface area (Å²) in [5, 5.41) is 5.49. The highest BCUT2D eigenvalue weighted by Crippen LogP contribution is 2.30. The molecule has 11 heteroatoms. The number of nitrogens with one attached hydrogen (secondary N) is 2. The van der Waals surface area contributed by atoms with E-state index in [1.54, 1.807) is 23.4 Å². The molecule has 0 spiro atoms. The van der Waals surface area contributed by atoms with Gasteiger partial charge in [0.15, 0.2) is 0 Å². The molecule has 0 unspecified atom stereocenters. The molecule has 4 amide bonds. The molecule has 2 aromatic rings. The summed E-state index contributed by atoms with van der Waals surface area (Å²) in [5.41, 5.74) is 6.27. The highest BCUT2D eigenvalue weighted by Gasteiger charge is 2.22. The Labute approximate surface area is 171 Å². The molecular formula is C18H22N6O4S. The molecule has 0 radical (unpaired) electrons. The van der Waals surface area contributed by atoms with E-state index in [9.17, 15) is 14.4 Å². The Balaban J connectivity index is 1.50. The SMILES string of the molecule is NC(=O)c1c(OCc2cccnc2)nsc1NC(=O)NCCCN1CCCC1=O. The zero-order valence-electron chi connectivity index (χ0n) is 15.7. The molecule has 0 aromatic carbocycles. The van der Waals surface area contributed by atoms with Gasteiger partial charge < -0.3 is 20.7 Å². The summed E-state index contributed by atoms with van der Waals surface area (Å²) in [4.78, 5) is 41.3. The van der Waals surface area contributed by atoms with Gasteiger partial charge in [-0.1, -0.05) is 6.07 Å². The lowest BCUT2D eigenvalue weighted by Crippen LogP contribution is -2.33. The first-order chi connectivity index (χ1) is 14.0. The second kappa shape index (κ2) is 9.82. The van der Waals surface area contributed by atoms with Gasteiger partial charge in [-0.05, 0) is 30.4 Å². The third kappa shape index (κ3) is 5.64. The Bertz CT molecular complexity index is 872. The van der Waals surface area contributed by atoms with E-state index in [1.807, 2.05) is 6.07 Å². The van der Waals surface area contributed by atoms with Crippen molar-refractivity contribution in [1.82, 2.24) is 19.6 Å². The summed E-state index contributed by atoms with van der Waals surface area (Å²) in [6, 6.07) is 3.11. The third-order valence-electron chi connectivity index (χ3n) is 4.29. The van der Waals surface area contributed by atoms with E-state index in [-0.39, 0.29) is 29.0 Å². The van der Waals surface area contributed by atoms with E-state index in [0.717, 1.165) is 30.1 Å². The Morgan fingerprint density at radius 2 is 2.24 bits per heavy atom. The summed E-state index contributed by atoms with van der Waals surface area (Å²) >= 11 is 0.912. The Morgan fingerprint density at radius 1 is 1.38 bits per heavy atom. The molecular weight excluding hydrogens is 396 g/mol. The van der Waals surface area contributed by atoms with Crippen molar-refractivity contribution >= 4 is 34.4 Å². The van der Waals surface area contributed by atoms with Crippen LogP contribution in [0.3, 0.4) is 0 Å². The van der Waals surface area contributed by atoms with E-state index in [0.29, 0.717) is 25.9 Å². The number of pyridine rings is 1. The standard InChI is InChI=1S/C18H22N6O4S/c19-15(26)14-16(28-11-12-4-1-6-20-10-12)23-29-17(14)22-18(27)21-7-3-9-24-8-2-5-13(24)25/h1,4,6,10H,2-3,5,7-9,11H2,(H2,19,26)(H2,21,22,27). The van der Waals surface area contributed by atoms with E-state index < -0.39 is 11.9 Å². The number of carbonyl (C=O) groups is 3. The zero-order valence-corrected chi connectivity index (χ0v) is 16.5. The lowest BCUT2D eigenvalue weighted by atomic mass is 10.3. The number of nitrogens with zero attached hydrogens (tertiary/aromatic N) is 3. The molecule has 1 fully saturated rings. The van der Waals surface area contributed by atoms with Crippen LogP contribution in [-0.2, 0) is 11.4 Å². The van der Waals surface area contributed by atoms with Crippen LogP contribution >= 0.6 is 11.5 Å². The topological polar surface area (TPSA) is 140 Å². The maximum absolute atomic E-state index is 12.1. The number of ether oxygens (including phenoxy) is 1. The number of anilines is 1. The molecule has 1 aliphatic heterocycles. The highest BCUT2D eigenvalue weighted by molar-refractivity contribution is 7.11. The third-order valence-corrected chi connectivity index (χ3v) is 5.04. The van der Waals surface area contributed by atoms with Gasteiger partial charge in [0.1, 0.15) is 17.2 Å². The van der Waals surface area contributed by atoms with Crippen LogP contribution in [0.25, 0.3) is 0 Å². The molecule has 10 nitrogen and oxygen atoms in total. The van der Waals surface area contributed by atoms with Crippen molar-refractivity contribution in [3.8, 4) is 5.88 Å². The van der Waals surface area contributed by atoms with E-state index in [4.69, 9.17) is 10.5 Å². The van der Waals surface area contributed by atoms with Crippen LogP contribution in [0.15, 0.2) is 24.5 Å². The number of hydrogen-bond acceptors (Lipinski definition) is 7. The molecule has 154 valence electrons. The monoisotopic (exact) mass is 418 g/mol.